The summed E-state index contributed by atoms with van der Waals surface area (Å²) in [5, 5.41) is 0. The van der Waals surface area contributed by atoms with Gasteiger partial charge in [0, 0.05) is 6.54 Å². The lowest BCUT2D eigenvalue weighted by molar-refractivity contribution is -0.0765. The zero-order valence-corrected chi connectivity index (χ0v) is 14.4. The third-order valence-electron chi connectivity index (χ3n) is 5.63. The molecule has 5 rings (SSSR count). The number of hydrogen-bond donors (Lipinski definition) is 0. The Bertz CT molecular complexity index is 629. The highest BCUT2D eigenvalue weighted by atomic mass is 16.5. The maximum atomic E-state index is 6.23. The lowest BCUT2D eigenvalue weighted by atomic mass is 9.86. The van der Waals surface area contributed by atoms with E-state index in [-0.39, 0.29) is 0 Å². The van der Waals surface area contributed by atoms with E-state index in [1.807, 2.05) is 0 Å². The van der Waals surface area contributed by atoms with Gasteiger partial charge in [0.05, 0.1) is 12.7 Å². The van der Waals surface area contributed by atoms with Crippen molar-refractivity contribution in [2.45, 2.75) is 38.4 Å². The quantitative estimate of drug-likeness (QED) is 0.795. The minimum atomic E-state index is 0.449. The predicted octanol–water partition coefficient (Wildman–Crippen LogP) is 4.08. The Kier molecular flexibility index (Phi) is 4.96. The molecule has 0 spiro atoms. The molecule has 126 valence electrons. The second kappa shape index (κ2) is 7.50. The number of hydrogen-bond acceptors (Lipinski definition) is 2. The van der Waals surface area contributed by atoms with Crippen molar-refractivity contribution >= 4 is 0 Å². The lowest BCUT2D eigenvalue weighted by Crippen LogP contribution is -2.51. The fraction of sp³-hybridized carbons (Fsp3) is 0.455. The molecule has 1 unspecified atom stereocenters. The van der Waals surface area contributed by atoms with Crippen LogP contribution in [0.5, 0.6) is 0 Å². The zero-order chi connectivity index (χ0) is 16.2. The molecular formula is C22H27NO. The number of piperidine rings is 3. The van der Waals surface area contributed by atoms with Crippen LogP contribution in [0.2, 0.25) is 0 Å². The Morgan fingerprint density at radius 2 is 1.42 bits per heavy atom. The molecule has 0 aliphatic carbocycles. The molecule has 2 heteroatoms. The van der Waals surface area contributed by atoms with E-state index >= 15 is 0 Å². The molecule has 3 fully saturated rings. The van der Waals surface area contributed by atoms with Crippen molar-refractivity contribution < 1.29 is 4.74 Å². The summed E-state index contributed by atoms with van der Waals surface area (Å²) in [6.45, 7) is 4.45. The summed E-state index contributed by atoms with van der Waals surface area (Å²) < 4.78 is 6.23. The summed E-state index contributed by atoms with van der Waals surface area (Å²) in [4.78, 5) is 2.55. The molecule has 0 aromatic heterocycles. The molecule has 2 aromatic carbocycles. The van der Waals surface area contributed by atoms with Gasteiger partial charge in [-0.15, -0.1) is 0 Å². The second-order valence-corrected chi connectivity index (χ2v) is 7.29. The van der Waals surface area contributed by atoms with Crippen molar-refractivity contribution in [3.05, 3.63) is 71.3 Å². The molecule has 2 aromatic rings. The van der Waals surface area contributed by atoms with Crippen molar-refractivity contribution in [2.24, 2.45) is 5.92 Å². The van der Waals surface area contributed by atoms with Gasteiger partial charge in [-0.25, -0.2) is 0 Å². The molecular weight excluding hydrogens is 294 g/mol. The first-order valence-corrected chi connectivity index (χ1v) is 9.32. The summed E-state index contributed by atoms with van der Waals surface area (Å²) in [5.74, 6) is 0.792. The molecule has 2 bridgehead atoms. The molecule has 0 radical (unpaired) electrons. The minimum Gasteiger partial charge on any atom is -0.372 e. The normalized spacial score (nSPS) is 25.8. The Balaban J connectivity index is 1.26. The van der Waals surface area contributed by atoms with Gasteiger partial charge in [0.2, 0.25) is 0 Å². The van der Waals surface area contributed by atoms with Gasteiger partial charge in [-0.3, -0.25) is 0 Å². The third-order valence-corrected chi connectivity index (χ3v) is 5.63. The van der Waals surface area contributed by atoms with E-state index in [2.05, 4.69) is 59.5 Å². The van der Waals surface area contributed by atoms with Crippen LogP contribution in [-0.2, 0) is 24.2 Å². The van der Waals surface area contributed by atoms with Crippen LogP contribution in [0.1, 0.15) is 29.5 Å². The van der Waals surface area contributed by atoms with E-state index in [0.717, 1.165) is 31.9 Å². The van der Waals surface area contributed by atoms with Crippen molar-refractivity contribution in [3.8, 4) is 0 Å². The Morgan fingerprint density at radius 3 is 2.04 bits per heavy atom. The average molecular weight is 321 g/mol. The van der Waals surface area contributed by atoms with Crippen LogP contribution in [0.15, 0.2) is 54.6 Å². The first-order chi connectivity index (χ1) is 11.9. The lowest BCUT2D eigenvalue weighted by Gasteiger charge is -2.44. The van der Waals surface area contributed by atoms with Crippen molar-refractivity contribution in [3.63, 3.8) is 0 Å². The Morgan fingerprint density at radius 1 is 0.792 bits per heavy atom. The number of benzene rings is 2. The highest BCUT2D eigenvalue weighted by Gasteiger charge is 2.34. The monoisotopic (exact) mass is 321 g/mol. The van der Waals surface area contributed by atoms with E-state index in [1.54, 1.807) is 0 Å². The molecule has 24 heavy (non-hydrogen) atoms. The van der Waals surface area contributed by atoms with Gasteiger partial charge >= 0.3 is 0 Å². The van der Waals surface area contributed by atoms with Crippen LogP contribution >= 0.6 is 0 Å². The van der Waals surface area contributed by atoms with E-state index < -0.39 is 0 Å². The van der Waals surface area contributed by atoms with Gasteiger partial charge in [-0.1, -0.05) is 54.6 Å². The van der Waals surface area contributed by atoms with Crippen LogP contribution in [0.3, 0.4) is 0 Å². The number of rotatable bonds is 6. The molecule has 3 heterocycles. The SMILES string of the molecule is c1ccc(CCc2ccc(COC3CN4CCC3CC4)cc2)cc1. The average Bonchev–Trinajstić information content (AvgIpc) is 2.67. The molecule has 1 atom stereocenters. The topological polar surface area (TPSA) is 12.5 Å². The van der Waals surface area contributed by atoms with Gasteiger partial charge < -0.3 is 9.64 Å². The Labute approximate surface area is 145 Å². The molecule has 0 saturated carbocycles. The number of nitrogens with zero attached hydrogens (tertiary/aromatic N) is 1. The van der Waals surface area contributed by atoms with Gasteiger partial charge in [0.1, 0.15) is 0 Å². The van der Waals surface area contributed by atoms with Crippen LogP contribution in [0, 0.1) is 5.92 Å². The van der Waals surface area contributed by atoms with Crippen molar-refractivity contribution in [1.29, 1.82) is 0 Å². The van der Waals surface area contributed by atoms with Gasteiger partial charge in [0.25, 0.3) is 0 Å². The maximum absolute atomic E-state index is 6.23. The predicted molar refractivity (Wildman–Crippen MR) is 98.0 cm³/mol. The standard InChI is InChI=1S/C22H27NO/c1-2-4-18(5-3-1)6-7-19-8-10-20(11-9-19)17-24-22-16-23-14-12-21(22)13-15-23/h1-5,8-11,21-22H,6-7,12-17H2. The molecule has 3 saturated heterocycles. The van der Waals surface area contributed by atoms with E-state index in [0.29, 0.717) is 6.10 Å². The van der Waals surface area contributed by atoms with Crippen LogP contribution < -0.4 is 0 Å². The summed E-state index contributed by atoms with van der Waals surface area (Å²) >= 11 is 0. The zero-order valence-electron chi connectivity index (χ0n) is 14.4. The van der Waals surface area contributed by atoms with Crippen LogP contribution in [0.4, 0.5) is 0 Å². The van der Waals surface area contributed by atoms with E-state index in [9.17, 15) is 0 Å². The van der Waals surface area contributed by atoms with Crippen molar-refractivity contribution in [2.75, 3.05) is 19.6 Å². The van der Waals surface area contributed by atoms with Crippen molar-refractivity contribution in [1.82, 2.24) is 4.90 Å². The largest absolute Gasteiger partial charge is 0.372 e. The summed E-state index contributed by atoms with van der Waals surface area (Å²) in [6.07, 6.45) is 5.30. The number of ether oxygens (including phenoxy) is 1. The molecule has 3 aliphatic rings. The van der Waals surface area contributed by atoms with Crippen LogP contribution in [0.25, 0.3) is 0 Å². The van der Waals surface area contributed by atoms with Crippen LogP contribution in [-0.4, -0.2) is 30.6 Å². The fourth-order valence-electron chi connectivity index (χ4n) is 4.04. The highest BCUT2D eigenvalue weighted by molar-refractivity contribution is 5.24. The molecule has 2 nitrogen and oxygen atoms in total. The maximum Gasteiger partial charge on any atom is 0.0735 e. The first kappa shape index (κ1) is 15.9. The first-order valence-electron chi connectivity index (χ1n) is 9.32. The summed E-state index contributed by atoms with van der Waals surface area (Å²) in [6, 6.07) is 19.7. The number of aryl methyl sites for hydroxylation is 2. The molecule has 0 amide bonds. The number of fused-ring (bicyclic) bond motifs is 3. The summed E-state index contributed by atoms with van der Waals surface area (Å²) in [5.41, 5.74) is 4.12. The summed E-state index contributed by atoms with van der Waals surface area (Å²) in [7, 11) is 0. The van der Waals surface area contributed by atoms with Gasteiger partial charge in [-0.05, 0) is 61.4 Å². The molecule has 3 aliphatic heterocycles. The van der Waals surface area contributed by atoms with E-state index in [4.69, 9.17) is 4.74 Å². The van der Waals surface area contributed by atoms with E-state index in [1.165, 1.54) is 42.6 Å². The van der Waals surface area contributed by atoms with Gasteiger partial charge in [-0.2, -0.15) is 0 Å². The smallest absolute Gasteiger partial charge is 0.0735 e. The Hall–Kier alpha value is -1.64. The molecule has 0 N–H and O–H groups in total. The minimum absolute atomic E-state index is 0.449. The second-order valence-electron chi connectivity index (χ2n) is 7.29. The highest BCUT2D eigenvalue weighted by Crippen LogP contribution is 2.30. The third kappa shape index (κ3) is 3.88. The fourth-order valence-corrected chi connectivity index (χ4v) is 4.04. The van der Waals surface area contributed by atoms with Gasteiger partial charge in [0.15, 0.2) is 0 Å².